The van der Waals surface area contributed by atoms with Crippen molar-refractivity contribution in [2.75, 3.05) is 12.3 Å². The highest BCUT2D eigenvalue weighted by Gasteiger charge is 2.39. The fourth-order valence-electron chi connectivity index (χ4n) is 3.83. The largest absolute Gasteiger partial charge is 0.399 e. The molecule has 5 heteroatoms. The maximum Gasteiger partial charge on any atom is 0.243 e. The highest BCUT2D eigenvalue weighted by atomic mass is 32.2. The van der Waals surface area contributed by atoms with Gasteiger partial charge in [0.2, 0.25) is 10.0 Å². The van der Waals surface area contributed by atoms with E-state index in [0.29, 0.717) is 23.0 Å². The van der Waals surface area contributed by atoms with Crippen LogP contribution in [0.15, 0.2) is 29.2 Å². The molecule has 2 fully saturated rings. The van der Waals surface area contributed by atoms with Crippen LogP contribution in [0.1, 0.15) is 44.9 Å². The molecule has 0 aromatic heterocycles. The Bertz CT molecular complexity index is 577. The number of nitrogens with two attached hydrogens (primary N) is 1. The molecule has 4 nitrogen and oxygen atoms in total. The smallest absolute Gasteiger partial charge is 0.243 e. The van der Waals surface area contributed by atoms with Crippen molar-refractivity contribution < 1.29 is 8.42 Å². The minimum absolute atomic E-state index is 0.202. The lowest BCUT2D eigenvalue weighted by atomic mass is 9.83. The number of hydrogen-bond donors (Lipinski definition) is 1. The summed E-state index contributed by atoms with van der Waals surface area (Å²) in [6.45, 7) is 0.661. The third-order valence-corrected chi connectivity index (χ3v) is 6.87. The van der Waals surface area contributed by atoms with Gasteiger partial charge in [-0.15, -0.1) is 0 Å². The van der Waals surface area contributed by atoms with E-state index < -0.39 is 10.0 Å². The first-order valence-corrected chi connectivity index (χ1v) is 9.40. The Hall–Kier alpha value is -1.07. The van der Waals surface area contributed by atoms with E-state index in [-0.39, 0.29) is 6.04 Å². The fourth-order valence-corrected chi connectivity index (χ4v) is 5.58. The quantitative estimate of drug-likeness (QED) is 0.873. The van der Waals surface area contributed by atoms with Crippen LogP contribution in [0, 0.1) is 5.92 Å². The van der Waals surface area contributed by atoms with Crippen LogP contribution >= 0.6 is 0 Å². The van der Waals surface area contributed by atoms with Gasteiger partial charge in [-0.3, -0.25) is 0 Å². The molecule has 1 atom stereocenters. The summed E-state index contributed by atoms with van der Waals surface area (Å²) in [5, 5.41) is 0. The first-order valence-electron chi connectivity index (χ1n) is 7.96. The first kappa shape index (κ1) is 14.9. The summed E-state index contributed by atoms with van der Waals surface area (Å²) in [5.41, 5.74) is 6.26. The second-order valence-electron chi connectivity index (χ2n) is 6.29. The molecular formula is C16H24N2O2S. The molecule has 21 heavy (non-hydrogen) atoms. The third kappa shape index (κ3) is 2.94. The van der Waals surface area contributed by atoms with E-state index in [4.69, 9.17) is 5.73 Å². The van der Waals surface area contributed by atoms with E-state index >= 15 is 0 Å². The van der Waals surface area contributed by atoms with Crippen LogP contribution in [0.4, 0.5) is 5.69 Å². The monoisotopic (exact) mass is 308 g/mol. The van der Waals surface area contributed by atoms with E-state index in [1.165, 1.54) is 32.1 Å². The number of rotatable bonds is 3. The molecule has 116 valence electrons. The molecule has 1 unspecified atom stereocenters. The van der Waals surface area contributed by atoms with E-state index in [2.05, 4.69) is 0 Å². The van der Waals surface area contributed by atoms with E-state index in [0.717, 1.165) is 12.8 Å². The molecule has 1 aliphatic heterocycles. The average Bonchev–Trinajstić information content (AvgIpc) is 2.99. The molecule has 1 aliphatic carbocycles. The zero-order valence-electron chi connectivity index (χ0n) is 12.4. The minimum Gasteiger partial charge on any atom is -0.399 e. The maximum atomic E-state index is 12.9. The first-order chi connectivity index (χ1) is 10.1. The Morgan fingerprint density at radius 2 is 1.62 bits per heavy atom. The standard InChI is InChI=1S/C16H24N2O2S/c17-14-8-10-15(11-9-14)21(19,20)18-12-4-7-16(18)13-5-2-1-3-6-13/h8-11,13,16H,1-7,12,17H2. The van der Waals surface area contributed by atoms with E-state index in [1.807, 2.05) is 0 Å². The molecule has 0 bridgehead atoms. The Morgan fingerprint density at radius 3 is 2.29 bits per heavy atom. The van der Waals surface area contributed by atoms with Gasteiger partial charge in [-0.25, -0.2) is 8.42 Å². The highest BCUT2D eigenvalue weighted by molar-refractivity contribution is 7.89. The van der Waals surface area contributed by atoms with Crippen LogP contribution in [0.5, 0.6) is 0 Å². The van der Waals surface area contributed by atoms with Crippen LogP contribution in [0.2, 0.25) is 0 Å². The van der Waals surface area contributed by atoms with Gasteiger partial charge in [0.1, 0.15) is 0 Å². The molecule has 2 aliphatic rings. The fraction of sp³-hybridized carbons (Fsp3) is 0.625. The summed E-state index contributed by atoms with van der Waals surface area (Å²) in [6.07, 6.45) is 8.15. The maximum absolute atomic E-state index is 12.9. The molecule has 3 rings (SSSR count). The molecule has 1 saturated heterocycles. The van der Waals surface area contributed by atoms with Gasteiger partial charge in [0.15, 0.2) is 0 Å². The molecule has 0 radical (unpaired) electrons. The second kappa shape index (κ2) is 5.97. The van der Waals surface area contributed by atoms with Gasteiger partial charge < -0.3 is 5.73 Å². The number of nitrogen functional groups attached to an aromatic ring is 1. The zero-order valence-corrected chi connectivity index (χ0v) is 13.2. The minimum atomic E-state index is -3.38. The van der Waals surface area contributed by atoms with E-state index in [1.54, 1.807) is 28.6 Å². The number of sulfonamides is 1. The third-order valence-electron chi connectivity index (χ3n) is 4.93. The Morgan fingerprint density at radius 1 is 0.952 bits per heavy atom. The summed E-state index contributed by atoms with van der Waals surface area (Å²) >= 11 is 0. The van der Waals surface area contributed by atoms with Crippen molar-refractivity contribution >= 4 is 15.7 Å². The normalized spacial score (nSPS) is 25.2. The number of anilines is 1. The molecule has 1 heterocycles. The molecular weight excluding hydrogens is 284 g/mol. The lowest BCUT2D eigenvalue weighted by molar-refractivity contribution is 0.226. The Kier molecular flexibility index (Phi) is 4.22. The molecule has 0 amide bonds. The number of hydrogen-bond acceptors (Lipinski definition) is 3. The molecule has 1 aromatic carbocycles. The topological polar surface area (TPSA) is 63.4 Å². The van der Waals surface area contributed by atoms with Gasteiger partial charge in [-0.1, -0.05) is 19.3 Å². The summed E-state index contributed by atoms with van der Waals surface area (Å²) < 4.78 is 27.5. The average molecular weight is 308 g/mol. The molecule has 1 aromatic rings. The van der Waals surface area contributed by atoms with Crippen molar-refractivity contribution in [2.45, 2.75) is 55.9 Å². The zero-order chi connectivity index (χ0) is 14.9. The predicted molar refractivity (Wildman–Crippen MR) is 84.3 cm³/mol. The summed E-state index contributed by atoms with van der Waals surface area (Å²) in [5.74, 6) is 0.546. The van der Waals surface area contributed by atoms with Crippen LogP contribution < -0.4 is 5.73 Å². The van der Waals surface area contributed by atoms with Crippen molar-refractivity contribution in [3.63, 3.8) is 0 Å². The molecule has 2 N–H and O–H groups in total. The lowest BCUT2D eigenvalue weighted by Gasteiger charge is -2.33. The summed E-state index contributed by atoms with van der Waals surface area (Å²) in [4.78, 5) is 0.374. The van der Waals surface area contributed by atoms with Gasteiger partial charge >= 0.3 is 0 Å². The summed E-state index contributed by atoms with van der Waals surface area (Å²) in [6, 6.07) is 6.78. The van der Waals surface area contributed by atoms with Gasteiger partial charge in [0.25, 0.3) is 0 Å². The second-order valence-corrected chi connectivity index (χ2v) is 8.18. The van der Waals surface area contributed by atoms with Crippen LogP contribution in [-0.2, 0) is 10.0 Å². The Balaban J connectivity index is 1.84. The van der Waals surface area contributed by atoms with Crippen molar-refractivity contribution in [1.82, 2.24) is 4.31 Å². The SMILES string of the molecule is Nc1ccc(S(=O)(=O)N2CCCC2C2CCCCC2)cc1. The highest BCUT2D eigenvalue weighted by Crippen LogP contribution is 2.37. The molecule has 1 saturated carbocycles. The van der Waals surface area contributed by atoms with Crippen LogP contribution in [0.25, 0.3) is 0 Å². The van der Waals surface area contributed by atoms with Gasteiger partial charge in [0.05, 0.1) is 4.90 Å². The summed E-state index contributed by atoms with van der Waals surface area (Å²) in [7, 11) is -3.38. The predicted octanol–water partition coefficient (Wildman–Crippen LogP) is 3.00. The van der Waals surface area contributed by atoms with E-state index in [9.17, 15) is 8.42 Å². The van der Waals surface area contributed by atoms with Crippen LogP contribution in [0.3, 0.4) is 0 Å². The number of nitrogens with zero attached hydrogens (tertiary/aromatic N) is 1. The van der Waals surface area contributed by atoms with Crippen molar-refractivity contribution in [1.29, 1.82) is 0 Å². The number of benzene rings is 1. The van der Waals surface area contributed by atoms with Gasteiger partial charge in [0, 0.05) is 18.3 Å². The van der Waals surface area contributed by atoms with Crippen LogP contribution in [-0.4, -0.2) is 25.3 Å². The Labute approximate surface area is 127 Å². The van der Waals surface area contributed by atoms with Crippen molar-refractivity contribution in [3.8, 4) is 0 Å². The van der Waals surface area contributed by atoms with Crippen molar-refractivity contribution in [3.05, 3.63) is 24.3 Å². The van der Waals surface area contributed by atoms with Gasteiger partial charge in [-0.2, -0.15) is 4.31 Å². The van der Waals surface area contributed by atoms with Crippen molar-refractivity contribution in [2.24, 2.45) is 5.92 Å². The lowest BCUT2D eigenvalue weighted by Crippen LogP contribution is -2.40. The molecule has 0 spiro atoms. The van der Waals surface area contributed by atoms with Gasteiger partial charge in [-0.05, 0) is 55.9 Å².